The highest BCUT2D eigenvalue weighted by Crippen LogP contribution is 2.23. The topological polar surface area (TPSA) is 74.0 Å². The van der Waals surface area contributed by atoms with Gasteiger partial charge in [0.25, 0.3) is 0 Å². The Labute approximate surface area is 207 Å². The van der Waals surface area contributed by atoms with E-state index in [0.29, 0.717) is 13.0 Å². The lowest BCUT2D eigenvalue weighted by molar-refractivity contribution is -0.115. The van der Waals surface area contributed by atoms with Gasteiger partial charge in [-0.2, -0.15) is 0 Å². The fraction of sp³-hybridized carbons (Fsp3) is 0.464. The molecule has 0 bridgehead atoms. The van der Waals surface area contributed by atoms with Crippen LogP contribution >= 0.6 is 0 Å². The van der Waals surface area contributed by atoms with Crippen molar-refractivity contribution in [1.29, 1.82) is 0 Å². The van der Waals surface area contributed by atoms with Crippen LogP contribution in [0.1, 0.15) is 29.9 Å². The quantitative estimate of drug-likeness (QED) is 0.491. The predicted molar refractivity (Wildman–Crippen MR) is 136 cm³/mol. The van der Waals surface area contributed by atoms with E-state index in [2.05, 4.69) is 68.8 Å². The summed E-state index contributed by atoms with van der Waals surface area (Å²) in [6, 6.07) is 23.0. The number of anilines is 1. The number of aliphatic hydroxyl groups is 1. The molecule has 2 aliphatic heterocycles. The molecule has 7 nitrogen and oxygen atoms in total. The number of hydrogen-bond donors (Lipinski definition) is 2. The number of piperazine rings is 1. The summed E-state index contributed by atoms with van der Waals surface area (Å²) in [5.74, 6) is 0.907. The molecule has 3 heterocycles. The summed E-state index contributed by atoms with van der Waals surface area (Å²) in [5, 5.41) is 18.2. The highest BCUT2D eigenvalue weighted by Gasteiger charge is 2.30. The first-order chi connectivity index (χ1) is 17.2. The van der Waals surface area contributed by atoms with Gasteiger partial charge in [-0.3, -0.25) is 4.90 Å². The summed E-state index contributed by atoms with van der Waals surface area (Å²) in [6.45, 7) is 6.23. The Balaban J connectivity index is 1.06. The molecule has 0 amide bonds. The molecule has 2 aromatic carbocycles. The van der Waals surface area contributed by atoms with Crippen molar-refractivity contribution in [2.75, 3.05) is 37.6 Å². The average Bonchev–Trinajstić information content (AvgIpc) is 3.34. The maximum absolute atomic E-state index is 10.4. The molecule has 2 saturated heterocycles. The van der Waals surface area contributed by atoms with E-state index in [1.807, 2.05) is 18.2 Å². The summed E-state index contributed by atoms with van der Waals surface area (Å²) >= 11 is 0. The Kier molecular flexibility index (Phi) is 8.10. The van der Waals surface area contributed by atoms with Crippen LogP contribution in [0.2, 0.25) is 0 Å². The van der Waals surface area contributed by atoms with Crippen LogP contribution < -0.4 is 10.2 Å². The van der Waals surface area contributed by atoms with Crippen molar-refractivity contribution >= 4 is 5.69 Å². The molecule has 3 unspecified atom stereocenters. The molecular weight excluding hydrogens is 440 g/mol. The molecule has 5 rings (SSSR count). The van der Waals surface area contributed by atoms with E-state index in [9.17, 15) is 5.11 Å². The number of nitrogens with one attached hydrogen (secondary N) is 1. The molecule has 7 heteroatoms. The summed E-state index contributed by atoms with van der Waals surface area (Å²) in [4.78, 5) is 4.86. The minimum Gasteiger partial charge on any atom is -0.390 e. The zero-order valence-corrected chi connectivity index (χ0v) is 20.3. The van der Waals surface area contributed by atoms with Gasteiger partial charge in [0, 0.05) is 57.4 Å². The van der Waals surface area contributed by atoms with E-state index in [1.54, 1.807) is 0 Å². The lowest BCUT2D eigenvalue weighted by Gasteiger charge is -2.35. The number of aliphatic hydroxyl groups excluding tert-OH is 1. The normalized spacial score (nSPS) is 23.5. The molecule has 0 radical (unpaired) electrons. The minimum atomic E-state index is -0.433. The van der Waals surface area contributed by atoms with Gasteiger partial charge in [-0.05, 0) is 30.5 Å². The van der Waals surface area contributed by atoms with Gasteiger partial charge in [0.05, 0.1) is 30.6 Å². The van der Waals surface area contributed by atoms with Crippen molar-refractivity contribution in [2.24, 2.45) is 0 Å². The fourth-order valence-corrected chi connectivity index (χ4v) is 5.02. The van der Waals surface area contributed by atoms with Crippen LogP contribution in [0, 0.1) is 0 Å². The van der Waals surface area contributed by atoms with Crippen molar-refractivity contribution in [2.45, 2.75) is 50.7 Å². The predicted octanol–water partition coefficient (Wildman–Crippen LogP) is 3.24. The third kappa shape index (κ3) is 6.70. The Hall–Kier alpha value is -2.71. The first kappa shape index (κ1) is 24.0. The number of nitrogens with zero attached hydrogens (tertiary/aromatic N) is 3. The molecule has 0 aliphatic carbocycles. The summed E-state index contributed by atoms with van der Waals surface area (Å²) in [7, 11) is 0. The van der Waals surface area contributed by atoms with Gasteiger partial charge in [0.1, 0.15) is 0 Å². The fourth-order valence-electron chi connectivity index (χ4n) is 5.02. The molecule has 2 aliphatic rings. The van der Waals surface area contributed by atoms with E-state index >= 15 is 0 Å². The monoisotopic (exact) mass is 476 g/mol. The van der Waals surface area contributed by atoms with Crippen molar-refractivity contribution in [3.63, 3.8) is 0 Å². The maximum Gasteiger partial charge on any atom is 0.150 e. The molecule has 186 valence electrons. The Morgan fingerprint density at radius 3 is 2.46 bits per heavy atom. The molecule has 2 fully saturated rings. The van der Waals surface area contributed by atoms with Crippen LogP contribution in [-0.4, -0.2) is 66.2 Å². The Morgan fingerprint density at radius 1 is 0.943 bits per heavy atom. The van der Waals surface area contributed by atoms with Crippen LogP contribution in [0.4, 0.5) is 5.69 Å². The number of hydrogen-bond acceptors (Lipinski definition) is 7. The molecule has 35 heavy (non-hydrogen) atoms. The molecule has 3 atom stereocenters. The van der Waals surface area contributed by atoms with Gasteiger partial charge in [0.15, 0.2) is 5.76 Å². The molecule has 0 spiro atoms. The first-order valence-corrected chi connectivity index (χ1v) is 12.8. The van der Waals surface area contributed by atoms with Gasteiger partial charge in [0.2, 0.25) is 0 Å². The van der Waals surface area contributed by atoms with Gasteiger partial charge in [-0.25, -0.2) is 0 Å². The van der Waals surface area contributed by atoms with Crippen molar-refractivity contribution in [3.05, 3.63) is 83.7 Å². The zero-order chi connectivity index (χ0) is 23.9. The molecular formula is C28H36N4O3. The largest absolute Gasteiger partial charge is 0.390 e. The van der Waals surface area contributed by atoms with Gasteiger partial charge >= 0.3 is 0 Å². The number of ether oxygens (including phenoxy) is 1. The van der Waals surface area contributed by atoms with Gasteiger partial charge in [-0.1, -0.05) is 53.7 Å². The number of rotatable bonds is 9. The Morgan fingerprint density at radius 2 is 1.69 bits per heavy atom. The SMILES string of the molecule is OC1CCC(Cc2cc(CN3CCN(c4ccccc4)CC3)on2)OC1CNCc1ccccc1. The minimum absolute atomic E-state index is 0.0503. The third-order valence-corrected chi connectivity index (χ3v) is 7.02. The zero-order valence-electron chi connectivity index (χ0n) is 20.3. The van der Waals surface area contributed by atoms with Gasteiger partial charge < -0.3 is 24.6 Å². The van der Waals surface area contributed by atoms with Gasteiger partial charge in [-0.15, -0.1) is 0 Å². The maximum atomic E-state index is 10.4. The van der Waals surface area contributed by atoms with Crippen LogP contribution in [0.15, 0.2) is 71.3 Å². The standard InChI is InChI=1S/C28H36N4O3/c33-27-12-11-25(34-28(27)20-29-19-22-7-3-1-4-8-22)17-23-18-26(35-30-23)21-31-13-15-32(16-14-31)24-9-5-2-6-10-24/h1-10,18,25,27-29,33H,11-17,19-21H2. The molecule has 0 saturated carbocycles. The Bertz CT molecular complexity index is 1020. The second kappa shape index (κ2) is 11.8. The summed E-state index contributed by atoms with van der Waals surface area (Å²) in [6.07, 6.45) is 1.71. The van der Waals surface area contributed by atoms with E-state index in [-0.39, 0.29) is 12.2 Å². The molecule has 3 aromatic rings. The lowest BCUT2D eigenvalue weighted by atomic mass is 9.98. The van der Waals surface area contributed by atoms with E-state index in [0.717, 1.165) is 63.6 Å². The van der Waals surface area contributed by atoms with Crippen molar-refractivity contribution in [1.82, 2.24) is 15.4 Å². The smallest absolute Gasteiger partial charge is 0.150 e. The van der Waals surface area contributed by atoms with E-state index < -0.39 is 6.10 Å². The lowest BCUT2D eigenvalue weighted by Crippen LogP contribution is -2.45. The highest BCUT2D eigenvalue weighted by atomic mass is 16.5. The second-order valence-corrected chi connectivity index (χ2v) is 9.65. The van der Waals surface area contributed by atoms with Crippen molar-refractivity contribution in [3.8, 4) is 0 Å². The summed E-state index contributed by atoms with van der Waals surface area (Å²) < 4.78 is 11.9. The molecule has 1 aromatic heterocycles. The van der Waals surface area contributed by atoms with Crippen LogP contribution in [-0.2, 0) is 24.2 Å². The van der Waals surface area contributed by atoms with Crippen LogP contribution in [0.3, 0.4) is 0 Å². The highest BCUT2D eigenvalue weighted by molar-refractivity contribution is 5.46. The number of para-hydroxylation sites is 1. The second-order valence-electron chi connectivity index (χ2n) is 9.65. The molecule has 2 N–H and O–H groups in total. The average molecular weight is 477 g/mol. The van der Waals surface area contributed by atoms with Crippen molar-refractivity contribution < 1.29 is 14.4 Å². The van der Waals surface area contributed by atoms with E-state index in [4.69, 9.17) is 9.26 Å². The third-order valence-electron chi connectivity index (χ3n) is 7.02. The van der Waals surface area contributed by atoms with Crippen LogP contribution in [0.5, 0.6) is 0 Å². The summed E-state index contributed by atoms with van der Waals surface area (Å²) in [5.41, 5.74) is 3.45. The van der Waals surface area contributed by atoms with Crippen LogP contribution in [0.25, 0.3) is 0 Å². The number of aromatic nitrogens is 1. The van der Waals surface area contributed by atoms with E-state index in [1.165, 1.54) is 11.3 Å². The first-order valence-electron chi connectivity index (χ1n) is 12.8. The number of benzene rings is 2.